The molecule has 2 aromatic rings. The van der Waals surface area contributed by atoms with E-state index in [0.29, 0.717) is 43.5 Å². The van der Waals surface area contributed by atoms with Crippen LogP contribution in [0.5, 0.6) is 0 Å². The molecule has 0 atom stereocenters. The second-order valence-corrected chi connectivity index (χ2v) is 6.30. The van der Waals surface area contributed by atoms with E-state index in [2.05, 4.69) is 21.9 Å². The van der Waals surface area contributed by atoms with Gasteiger partial charge in [-0.25, -0.2) is 9.97 Å². The van der Waals surface area contributed by atoms with Crippen LogP contribution in [0.1, 0.15) is 12.0 Å². The van der Waals surface area contributed by atoms with Crippen LogP contribution in [0.3, 0.4) is 0 Å². The number of carbonyl (C=O) groups is 1. The van der Waals surface area contributed by atoms with Crippen molar-refractivity contribution in [3.63, 3.8) is 0 Å². The molecular weight excluding hydrogens is 371 g/mol. The van der Waals surface area contributed by atoms with Gasteiger partial charge in [0.25, 0.3) is 0 Å². The Hall–Kier alpha value is -3.10. The summed E-state index contributed by atoms with van der Waals surface area (Å²) in [5.41, 5.74) is -0.232. The van der Waals surface area contributed by atoms with Crippen LogP contribution in [0, 0.1) is 0 Å². The molecule has 0 aliphatic carbocycles. The summed E-state index contributed by atoms with van der Waals surface area (Å²) in [5, 5.41) is 3.03. The Bertz CT molecular complexity index is 838. The molecule has 1 amide bonds. The lowest BCUT2D eigenvalue weighted by atomic mass is 10.2. The molecule has 1 fully saturated rings. The van der Waals surface area contributed by atoms with Gasteiger partial charge >= 0.3 is 6.18 Å². The first-order valence-corrected chi connectivity index (χ1v) is 8.80. The minimum atomic E-state index is -4.38. The molecule has 2 heterocycles. The van der Waals surface area contributed by atoms with Crippen LogP contribution in [-0.2, 0) is 11.0 Å². The van der Waals surface area contributed by atoms with Gasteiger partial charge in [-0.15, -0.1) is 0 Å². The monoisotopic (exact) mass is 391 g/mol. The number of nitrogens with one attached hydrogen (secondary N) is 1. The number of hydrogen-bond acceptors (Lipinski definition) is 5. The van der Waals surface area contributed by atoms with Gasteiger partial charge in [0.05, 0.1) is 5.56 Å². The summed E-state index contributed by atoms with van der Waals surface area (Å²) in [5.74, 6) is 0.935. The Morgan fingerprint density at radius 1 is 1.07 bits per heavy atom. The number of alkyl halides is 3. The lowest BCUT2D eigenvalue weighted by Crippen LogP contribution is -2.34. The highest BCUT2D eigenvalue weighted by atomic mass is 19.4. The molecule has 0 radical (unpaired) electrons. The van der Waals surface area contributed by atoms with E-state index in [9.17, 15) is 18.0 Å². The molecule has 6 nitrogen and oxygen atoms in total. The average Bonchev–Trinajstić information content (AvgIpc) is 2.94. The van der Waals surface area contributed by atoms with E-state index < -0.39 is 11.7 Å². The number of anilines is 3. The van der Waals surface area contributed by atoms with Crippen molar-refractivity contribution in [1.29, 1.82) is 0 Å². The van der Waals surface area contributed by atoms with E-state index in [0.717, 1.165) is 18.6 Å². The van der Waals surface area contributed by atoms with Gasteiger partial charge in [0.15, 0.2) is 11.6 Å². The minimum absolute atomic E-state index is 0.107. The van der Waals surface area contributed by atoms with Crippen LogP contribution < -0.4 is 10.2 Å². The number of amides is 1. The Morgan fingerprint density at radius 2 is 1.79 bits per heavy atom. The van der Waals surface area contributed by atoms with Gasteiger partial charge in [0.2, 0.25) is 5.91 Å². The quantitative estimate of drug-likeness (QED) is 0.809. The number of halogens is 3. The summed E-state index contributed by atoms with van der Waals surface area (Å²) in [6, 6.07) is 4.74. The van der Waals surface area contributed by atoms with Crippen molar-refractivity contribution in [3.8, 4) is 0 Å². The summed E-state index contributed by atoms with van der Waals surface area (Å²) in [4.78, 5) is 24.2. The SMILES string of the molecule is C=CC(=O)N1CCCN(c2nccnc2Nc2ccc(C(F)(F)F)cc2)CC1. The van der Waals surface area contributed by atoms with Crippen LogP contribution in [0.2, 0.25) is 0 Å². The molecule has 1 aliphatic heterocycles. The maximum atomic E-state index is 12.7. The summed E-state index contributed by atoms with van der Waals surface area (Å²) < 4.78 is 38.2. The van der Waals surface area contributed by atoms with Crippen molar-refractivity contribution < 1.29 is 18.0 Å². The van der Waals surface area contributed by atoms with Gasteiger partial charge in [-0.3, -0.25) is 4.79 Å². The Kier molecular flexibility index (Phi) is 5.81. The normalized spacial score (nSPS) is 15.1. The molecule has 0 bridgehead atoms. The van der Waals surface area contributed by atoms with Crippen molar-refractivity contribution in [1.82, 2.24) is 14.9 Å². The van der Waals surface area contributed by atoms with Crippen LogP contribution in [0.15, 0.2) is 49.3 Å². The van der Waals surface area contributed by atoms with E-state index in [-0.39, 0.29) is 5.91 Å². The summed E-state index contributed by atoms with van der Waals surface area (Å²) in [6.07, 6.45) is 0.759. The highest BCUT2D eigenvalue weighted by Gasteiger charge is 2.30. The van der Waals surface area contributed by atoms with Crippen LogP contribution in [-0.4, -0.2) is 47.0 Å². The van der Waals surface area contributed by atoms with E-state index in [4.69, 9.17) is 0 Å². The Morgan fingerprint density at radius 3 is 2.46 bits per heavy atom. The van der Waals surface area contributed by atoms with Crippen LogP contribution in [0.25, 0.3) is 0 Å². The predicted molar refractivity (Wildman–Crippen MR) is 100 cm³/mol. The first-order valence-electron chi connectivity index (χ1n) is 8.80. The summed E-state index contributed by atoms with van der Waals surface area (Å²) in [7, 11) is 0. The third-order valence-electron chi connectivity index (χ3n) is 4.44. The molecule has 1 aliphatic rings. The molecular formula is C19H20F3N5O. The van der Waals surface area contributed by atoms with Gasteiger partial charge in [0, 0.05) is 44.3 Å². The van der Waals surface area contributed by atoms with E-state index >= 15 is 0 Å². The molecule has 0 saturated carbocycles. The topological polar surface area (TPSA) is 61.4 Å². The number of rotatable bonds is 4. The second-order valence-electron chi connectivity index (χ2n) is 6.30. The molecule has 3 rings (SSSR count). The lowest BCUT2D eigenvalue weighted by Gasteiger charge is -2.24. The molecule has 9 heteroatoms. The maximum Gasteiger partial charge on any atom is 0.416 e. The number of carbonyl (C=O) groups excluding carboxylic acids is 1. The van der Waals surface area contributed by atoms with E-state index in [1.54, 1.807) is 11.1 Å². The number of nitrogens with zero attached hydrogens (tertiary/aromatic N) is 4. The molecule has 0 spiro atoms. The average molecular weight is 391 g/mol. The highest BCUT2D eigenvalue weighted by molar-refractivity contribution is 5.87. The number of benzene rings is 1. The predicted octanol–water partition coefficient (Wildman–Crippen LogP) is 3.46. The van der Waals surface area contributed by atoms with Gasteiger partial charge in [0.1, 0.15) is 0 Å². The molecule has 1 N–H and O–H groups in total. The minimum Gasteiger partial charge on any atom is -0.352 e. The molecule has 1 aromatic heterocycles. The zero-order valence-corrected chi connectivity index (χ0v) is 15.1. The summed E-state index contributed by atoms with van der Waals surface area (Å²) in [6.45, 7) is 5.93. The van der Waals surface area contributed by atoms with Crippen molar-refractivity contribution in [3.05, 3.63) is 54.9 Å². The second kappa shape index (κ2) is 8.28. The zero-order valence-electron chi connectivity index (χ0n) is 15.1. The van der Waals surface area contributed by atoms with Crippen LogP contribution in [0.4, 0.5) is 30.5 Å². The molecule has 1 aromatic carbocycles. The maximum absolute atomic E-state index is 12.7. The van der Waals surface area contributed by atoms with Gasteiger partial charge in [-0.05, 0) is 36.8 Å². The Labute approximate surface area is 160 Å². The first kappa shape index (κ1) is 19.7. The summed E-state index contributed by atoms with van der Waals surface area (Å²) >= 11 is 0. The lowest BCUT2D eigenvalue weighted by molar-refractivity contribution is -0.137. The third kappa shape index (κ3) is 4.59. The van der Waals surface area contributed by atoms with Crippen molar-refractivity contribution in [2.75, 3.05) is 36.4 Å². The van der Waals surface area contributed by atoms with Crippen molar-refractivity contribution >= 4 is 23.2 Å². The van der Waals surface area contributed by atoms with Gasteiger partial charge < -0.3 is 15.1 Å². The van der Waals surface area contributed by atoms with E-state index in [1.807, 2.05) is 4.90 Å². The number of hydrogen-bond donors (Lipinski definition) is 1. The molecule has 1 saturated heterocycles. The highest BCUT2D eigenvalue weighted by Crippen LogP contribution is 2.31. The van der Waals surface area contributed by atoms with E-state index in [1.165, 1.54) is 24.4 Å². The number of aromatic nitrogens is 2. The van der Waals surface area contributed by atoms with Crippen molar-refractivity contribution in [2.45, 2.75) is 12.6 Å². The smallest absolute Gasteiger partial charge is 0.352 e. The molecule has 148 valence electrons. The fraction of sp³-hybridized carbons (Fsp3) is 0.316. The fourth-order valence-electron chi connectivity index (χ4n) is 3.01. The van der Waals surface area contributed by atoms with Crippen molar-refractivity contribution in [2.24, 2.45) is 0 Å². The first-order chi connectivity index (χ1) is 13.4. The Balaban J connectivity index is 1.76. The standard InChI is InChI=1S/C19H20F3N5O/c1-2-16(28)26-10-3-11-27(13-12-26)18-17(23-8-9-24-18)25-15-6-4-14(5-7-15)19(20,21)22/h2,4-9H,1,3,10-13H2,(H,23,25). The fourth-order valence-corrected chi connectivity index (χ4v) is 3.01. The van der Waals surface area contributed by atoms with Gasteiger partial charge in [-0.2, -0.15) is 13.2 Å². The largest absolute Gasteiger partial charge is 0.416 e. The zero-order chi connectivity index (χ0) is 20.1. The van der Waals surface area contributed by atoms with Gasteiger partial charge in [-0.1, -0.05) is 6.58 Å². The molecule has 0 unspecified atom stereocenters. The third-order valence-corrected chi connectivity index (χ3v) is 4.44. The molecule has 28 heavy (non-hydrogen) atoms. The van der Waals surface area contributed by atoms with Crippen LogP contribution >= 0.6 is 0 Å².